The van der Waals surface area contributed by atoms with E-state index in [1.165, 1.54) is 38.2 Å². The van der Waals surface area contributed by atoms with E-state index in [4.69, 9.17) is 25.8 Å². The van der Waals surface area contributed by atoms with Crippen molar-refractivity contribution in [2.45, 2.75) is 98.3 Å². The van der Waals surface area contributed by atoms with Crippen LogP contribution in [-0.2, 0) is 17.6 Å². The first-order valence-electron chi connectivity index (χ1n) is 19.3. The molecular weight excluding hydrogens is 676 g/mol. The van der Waals surface area contributed by atoms with E-state index < -0.39 is 5.97 Å². The van der Waals surface area contributed by atoms with Gasteiger partial charge in [0.2, 0.25) is 0 Å². The minimum absolute atomic E-state index is 0.391. The number of unbranched alkanes of at least 4 members (excludes halogenated alkanes) is 5. The maximum atomic E-state index is 12.9. The number of rotatable bonds is 25. The van der Waals surface area contributed by atoms with Crippen LogP contribution in [0.15, 0.2) is 121 Å². The summed E-state index contributed by atoms with van der Waals surface area (Å²) < 4.78 is 16.9. The standard InChI is InChI=1S/C48H63ClO4/c1-39(2)28-23-19-17-18-21-25-32-43-46(52-6)37-42(31-27-29-40(3)4)38-47(43)53-48(50)33-26-22-16-14-12-10-8-7-9-11-13-15-20-24-30-41-34-35-45(51-5)44(49)36-41/h7-16,20,22,24,26,30,33-40H,17-19,21,23,25,27-29,31-32H2,1-6H3/b9-7+,10-8+,13-11+,14-12+,20-15+,22-16+,30-24+,33-26+. The van der Waals surface area contributed by atoms with E-state index in [1.807, 2.05) is 109 Å². The Morgan fingerprint density at radius 3 is 1.66 bits per heavy atom. The van der Waals surface area contributed by atoms with Crippen LogP contribution in [0.4, 0.5) is 0 Å². The van der Waals surface area contributed by atoms with Crippen LogP contribution in [-0.4, -0.2) is 20.2 Å². The van der Waals surface area contributed by atoms with E-state index in [0.29, 0.717) is 22.4 Å². The summed E-state index contributed by atoms with van der Waals surface area (Å²) in [5.41, 5.74) is 3.13. The number of hydrogen-bond acceptors (Lipinski definition) is 4. The Kier molecular flexibility index (Phi) is 23.9. The Hall–Kier alpha value is -4.28. The van der Waals surface area contributed by atoms with Gasteiger partial charge < -0.3 is 14.2 Å². The lowest BCUT2D eigenvalue weighted by molar-refractivity contribution is -0.129. The SMILES string of the molecule is COc1ccc(/C=C/C=C/C=C/C=C/C=C/C=C/C=C/C=C/C(=O)Oc2cc(CCCC(C)C)cc(OC)c2CCCCCCCCC(C)C)cc1Cl. The van der Waals surface area contributed by atoms with Gasteiger partial charge in [-0.15, -0.1) is 0 Å². The summed E-state index contributed by atoms with van der Waals surface area (Å²) in [6.07, 6.45) is 43.0. The summed E-state index contributed by atoms with van der Waals surface area (Å²) in [6.45, 7) is 9.08. The van der Waals surface area contributed by atoms with Crippen molar-refractivity contribution < 1.29 is 19.0 Å². The van der Waals surface area contributed by atoms with Crippen molar-refractivity contribution in [2.75, 3.05) is 14.2 Å². The van der Waals surface area contributed by atoms with Crippen LogP contribution in [0.2, 0.25) is 5.02 Å². The summed E-state index contributed by atoms with van der Waals surface area (Å²) in [5.74, 6) is 3.15. The zero-order chi connectivity index (χ0) is 38.5. The minimum atomic E-state index is -0.391. The number of carbonyl (C=O) groups is 1. The van der Waals surface area contributed by atoms with Crippen molar-refractivity contribution in [1.82, 2.24) is 0 Å². The molecular formula is C48H63ClO4. The van der Waals surface area contributed by atoms with Gasteiger partial charge in [0.15, 0.2) is 0 Å². The number of ether oxygens (including phenoxy) is 3. The number of methoxy groups -OCH3 is 2. The fourth-order valence-electron chi connectivity index (χ4n) is 5.61. The van der Waals surface area contributed by atoms with Crippen LogP contribution in [0.5, 0.6) is 17.2 Å². The highest BCUT2D eigenvalue weighted by Gasteiger charge is 2.15. The number of esters is 1. The maximum Gasteiger partial charge on any atom is 0.336 e. The Morgan fingerprint density at radius 1 is 0.585 bits per heavy atom. The molecule has 0 heterocycles. The van der Waals surface area contributed by atoms with Gasteiger partial charge in [0.05, 0.1) is 19.2 Å². The molecule has 0 amide bonds. The number of allylic oxidation sites excluding steroid dienone is 14. The highest BCUT2D eigenvalue weighted by atomic mass is 35.5. The molecule has 0 bridgehead atoms. The lowest BCUT2D eigenvalue weighted by atomic mass is 9.97. The number of benzene rings is 2. The van der Waals surface area contributed by atoms with Crippen LogP contribution in [0, 0.1) is 11.8 Å². The predicted molar refractivity (Wildman–Crippen MR) is 228 cm³/mol. The van der Waals surface area contributed by atoms with E-state index in [1.54, 1.807) is 20.3 Å². The molecule has 2 aromatic carbocycles. The molecule has 0 aromatic heterocycles. The molecule has 0 spiro atoms. The first-order valence-corrected chi connectivity index (χ1v) is 19.7. The smallest absolute Gasteiger partial charge is 0.336 e. The fourth-order valence-corrected chi connectivity index (χ4v) is 5.88. The second-order valence-corrected chi connectivity index (χ2v) is 14.4. The molecule has 0 aliphatic carbocycles. The zero-order valence-electron chi connectivity index (χ0n) is 33.1. The highest BCUT2D eigenvalue weighted by Crippen LogP contribution is 2.34. The fraction of sp³-hybridized carbons (Fsp3) is 0.396. The van der Waals surface area contributed by atoms with Gasteiger partial charge in [-0.1, -0.05) is 181 Å². The van der Waals surface area contributed by atoms with E-state index in [2.05, 4.69) is 33.8 Å². The first kappa shape index (κ1) is 44.9. The molecule has 0 radical (unpaired) electrons. The Bertz CT molecular complexity index is 1580. The largest absolute Gasteiger partial charge is 0.496 e. The lowest BCUT2D eigenvalue weighted by Gasteiger charge is -2.16. The maximum absolute atomic E-state index is 12.9. The van der Waals surface area contributed by atoms with E-state index >= 15 is 0 Å². The van der Waals surface area contributed by atoms with E-state index in [-0.39, 0.29) is 0 Å². The molecule has 286 valence electrons. The second kappa shape index (κ2) is 28.3. The number of halogens is 1. The monoisotopic (exact) mass is 738 g/mol. The third-order valence-corrected chi connectivity index (χ3v) is 8.80. The molecule has 0 saturated heterocycles. The highest BCUT2D eigenvalue weighted by molar-refractivity contribution is 6.32. The molecule has 0 aliphatic rings. The average Bonchev–Trinajstić information content (AvgIpc) is 3.12. The molecule has 2 aromatic rings. The van der Waals surface area contributed by atoms with E-state index in [0.717, 1.165) is 66.9 Å². The molecule has 0 N–H and O–H groups in total. The normalized spacial score (nSPS) is 12.7. The molecule has 0 fully saturated rings. The lowest BCUT2D eigenvalue weighted by Crippen LogP contribution is -2.08. The summed E-state index contributed by atoms with van der Waals surface area (Å²) in [4.78, 5) is 12.9. The van der Waals surface area contributed by atoms with Gasteiger partial charge in [-0.2, -0.15) is 0 Å². The summed E-state index contributed by atoms with van der Waals surface area (Å²) >= 11 is 6.16. The predicted octanol–water partition coefficient (Wildman–Crippen LogP) is 13.8. The van der Waals surface area contributed by atoms with Gasteiger partial charge in [0, 0.05) is 11.6 Å². The second-order valence-electron chi connectivity index (χ2n) is 14.0. The molecule has 0 saturated carbocycles. The summed E-state index contributed by atoms with van der Waals surface area (Å²) in [5, 5.41) is 0.593. The quantitative estimate of drug-likeness (QED) is 0.0334. The molecule has 0 atom stereocenters. The minimum Gasteiger partial charge on any atom is -0.496 e. The molecule has 2 rings (SSSR count). The van der Waals surface area contributed by atoms with Gasteiger partial charge in [-0.05, 0) is 72.9 Å². The van der Waals surface area contributed by atoms with Gasteiger partial charge in [-0.3, -0.25) is 0 Å². The third kappa shape index (κ3) is 21.1. The van der Waals surface area contributed by atoms with Gasteiger partial charge >= 0.3 is 5.97 Å². The van der Waals surface area contributed by atoms with Crippen molar-refractivity contribution in [3.63, 3.8) is 0 Å². The van der Waals surface area contributed by atoms with Crippen molar-refractivity contribution >= 4 is 23.6 Å². The van der Waals surface area contributed by atoms with Gasteiger partial charge in [0.25, 0.3) is 0 Å². The van der Waals surface area contributed by atoms with Crippen LogP contribution in [0.3, 0.4) is 0 Å². The molecule has 0 aliphatic heterocycles. The Morgan fingerprint density at radius 2 is 1.09 bits per heavy atom. The van der Waals surface area contributed by atoms with Crippen molar-refractivity contribution in [1.29, 1.82) is 0 Å². The van der Waals surface area contributed by atoms with Crippen LogP contribution in [0.25, 0.3) is 6.08 Å². The van der Waals surface area contributed by atoms with Crippen molar-refractivity contribution in [3.8, 4) is 17.2 Å². The van der Waals surface area contributed by atoms with Gasteiger partial charge in [-0.25, -0.2) is 4.79 Å². The summed E-state index contributed by atoms with van der Waals surface area (Å²) in [6, 6.07) is 9.85. The number of aryl methyl sites for hydroxylation is 1. The zero-order valence-corrected chi connectivity index (χ0v) is 33.8. The third-order valence-electron chi connectivity index (χ3n) is 8.50. The van der Waals surface area contributed by atoms with Crippen LogP contribution >= 0.6 is 11.6 Å². The van der Waals surface area contributed by atoms with Crippen LogP contribution in [0.1, 0.15) is 102 Å². The van der Waals surface area contributed by atoms with Crippen molar-refractivity contribution in [2.24, 2.45) is 11.8 Å². The molecule has 0 unspecified atom stereocenters. The summed E-state index contributed by atoms with van der Waals surface area (Å²) in [7, 11) is 3.31. The first-order chi connectivity index (χ1) is 25.7. The molecule has 4 nitrogen and oxygen atoms in total. The number of carbonyl (C=O) groups excluding carboxylic acids is 1. The van der Waals surface area contributed by atoms with Gasteiger partial charge in [0.1, 0.15) is 17.2 Å². The topological polar surface area (TPSA) is 44.8 Å². The Labute approximate surface area is 326 Å². The molecule has 5 heteroatoms. The molecule has 53 heavy (non-hydrogen) atoms. The van der Waals surface area contributed by atoms with Crippen LogP contribution < -0.4 is 14.2 Å². The number of hydrogen-bond donors (Lipinski definition) is 0. The average molecular weight is 739 g/mol. The van der Waals surface area contributed by atoms with E-state index in [9.17, 15) is 4.79 Å². The Balaban J connectivity index is 1.85. The van der Waals surface area contributed by atoms with Crippen molar-refractivity contribution in [3.05, 3.63) is 143 Å².